The van der Waals surface area contributed by atoms with E-state index >= 15 is 0 Å². The first-order valence-corrected chi connectivity index (χ1v) is 7.84. The molecule has 128 valence electrons. The summed E-state index contributed by atoms with van der Waals surface area (Å²) in [6.45, 7) is 4.01. The predicted molar refractivity (Wildman–Crippen MR) is 95.2 cm³/mol. The maximum Gasteiger partial charge on any atom is 0.322 e. The number of aliphatic hydroxyl groups is 1. The Bertz CT molecular complexity index is 666. The second-order valence-corrected chi connectivity index (χ2v) is 6.32. The Hall–Kier alpha value is -2.53. The molecular formula is C19H24N2O3. The summed E-state index contributed by atoms with van der Waals surface area (Å²) in [4.78, 5) is 14.2. The molecule has 2 aromatic carbocycles. The number of nitrogens with one attached hydrogen (secondary N) is 1. The molecule has 0 spiro atoms. The molecule has 0 radical (unpaired) electrons. The number of nitrogens with zero attached hydrogens (tertiary/aromatic N) is 1. The van der Waals surface area contributed by atoms with Crippen LogP contribution < -0.4 is 10.1 Å². The molecule has 0 atom stereocenters. The first-order valence-electron chi connectivity index (χ1n) is 7.84. The fraction of sp³-hybridized carbons (Fsp3) is 0.316. The van der Waals surface area contributed by atoms with Crippen molar-refractivity contribution in [2.24, 2.45) is 0 Å². The van der Waals surface area contributed by atoms with Gasteiger partial charge in [0.15, 0.2) is 0 Å². The first kappa shape index (κ1) is 17.8. The van der Waals surface area contributed by atoms with Gasteiger partial charge in [0.1, 0.15) is 5.75 Å². The average Bonchev–Trinajstić information content (AvgIpc) is 2.54. The Kier molecular flexibility index (Phi) is 5.82. The van der Waals surface area contributed by atoms with Crippen molar-refractivity contribution < 1.29 is 14.6 Å². The van der Waals surface area contributed by atoms with Crippen LogP contribution in [0.3, 0.4) is 0 Å². The fourth-order valence-corrected chi connectivity index (χ4v) is 2.37. The van der Waals surface area contributed by atoms with E-state index in [0.717, 1.165) is 5.56 Å². The molecule has 0 saturated carbocycles. The van der Waals surface area contributed by atoms with Gasteiger partial charge < -0.3 is 20.1 Å². The summed E-state index contributed by atoms with van der Waals surface area (Å²) in [7, 11) is 1.58. The first-order chi connectivity index (χ1) is 11.4. The van der Waals surface area contributed by atoms with Crippen LogP contribution in [-0.4, -0.2) is 35.3 Å². The van der Waals surface area contributed by atoms with Gasteiger partial charge in [-0.25, -0.2) is 4.79 Å². The van der Waals surface area contributed by atoms with E-state index in [1.54, 1.807) is 38.0 Å². The van der Waals surface area contributed by atoms with Gasteiger partial charge in [-0.15, -0.1) is 0 Å². The Balaban J connectivity index is 2.14. The van der Waals surface area contributed by atoms with E-state index in [9.17, 15) is 9.90 Å². The minimum absolute atomic E-state index is 0.220. The number of rotatable bonds is 6. The van der Waals surface area contributed by atoms with E-state index in [-0.39, 0.29) is 12.6 Å². The second-order valence-electron chi connectivity index (χ2n) is 6.32. The summed E-state index contributed by atoms with van der Waals surface area (Å²) in [5.41, 5.74) is 0.663. The monoisotopic (exact) mass is 328 g/mol. The van der Waals surface area contributed by atoms with Gasteiger partial charge in [-0.3, -0.25) is 0 Å². The highest BCUT2D eigenvalue weighted by molar-refractivity contribution is 5.89. The van der Waals surface area contributed by atoms with Gasteiger partial charge in [0, 0.05) is 18.3 Å². The standard InChI is InChI=1S/C19H24N2O3/c1-19(2,23)14-21(13-15-8-5-4-6-9-15)18(22)20-16-10-7-11-17(12-16)24-3/h4-12,23H,13-14H2,1-3H3,(H,20,22). The molecule has 0 aliphatic carbocycles. The van der Waals surface area contributed by atoms with E-state index in [1.807, 2.05) is 42.5 Å². The van der Waals surface area contributed by atoms with E-state index < -0.39 is 5.60 Å². The molecule has 2 rings (SSSR count). The van der Waals surface area contributed by atoms with Crippen LogP contribution >= 0.6 is 0 Å². The Morgan fingerprint density at radius 1 is 1.17 bits per heavy atom. The molecule has 0 aromatic heterocycles. The number of carbonyl (C=O) groups excluding carboxylic acids is 1. The minimum Gasteiger partial charge on any atom is -0.497 e. The van der Waals surface area contributed by atoms with Crippen LogP contribution in [0, 0.1) is 0 Å². The highest BCUT2D eigenvalue weighted by Gasteiger charge is 2.23. The predicted octanol–water partition coefficient (Wildman–Crippen LogP) is 3.50. The molecular weight excluding hydrogens is 304 g/mol. The molecule has 0 aliphatic rings. The Morgan fingerprint density at radius 2 is 1.88 bits per heavy atom. The smallest absolute Gasteiger partial charge is 0.322 e. The number of urea groups is 1. The maximum absolute atomic E-state index is 12.7. The SMILES string of the molecule is COc1cccc(NC(=O)N(Cc2ccccc2)CC(C)(C)O)c1. The van der Waals surface area contributed by atoms with E-state index in [0.29, 0.717) is 18.0 Å². The number of amides is 2. The number of benzene rings is 2. The van der Waals surface area contributed by atoms with E-state index in [2.05, 4.69) is 5.32 Å². The Labute approximate surface area is 142 Å². The molecule has 0 aliphatic heterocycles. The number of ether oxygens (including phenoxy) is 1. The third-order valence-corrected chi connectivity index (χ3v) is 3.40. The van der Waals surface area contributed by atoms with Crippen molar-refractivity contribution in [2.75, 3.05) is 19.0 Å². The van der Waals surface area contributed by atoms with Crippen LogP contribution in [0.4, 0.5) is 10.5 Å². The maximum atomic E-state index is 12.7. The fourth-order valence-electron chi connectivity index (χ4n) is 2.37. The molecule has 0 unspecified atom stereocenters. The van der Waals surface area contributed by atoms with Crippen molar-refractivity contribution in [3.63, 3.8) is 0 Å². The van der Waals surface area contributed by atoms with E-state index in [1.165, 1.54) is 0 Å². The summed E-state index contributed by atoms with van der Waals surface area (Å²) >= 11 is 0. The van der Waals surface area contributed by atoms with Gasteiger partial charge in [-0.2, -0.15) is 0 Å². The highest BCUT2D eigenvalue weighted by atomic mass is 16.5. The molecule has 5 nitrogen and oxygen atoms in total. The molecule has 0 bridgehead atoms. The number of carbonyl (C=O) groups is 1. The van der Waals surface area contributed by atoms with Crippen molar-refractivity contribution in [2.45, 2.75) is 26.0 Å². The molecule has 2 aromatic rings. The van der Waals surface area contributed by atoms with Crippen LogP contribution in [0.15, 0.2) is 54.6 Å². The molecule has 2 N–H and O–H groups in total. The van der Waals surface area contributed by atoms with Crippen molar-refractivity contribution >= 4 is 11.7 Å². The summed E-state index contributed by atoms with van der Waals surface area (Å²) in [5, 5.41) is 13.0. The molecule has 0 saturated heterocycles. The zero-order valence-corrected chi connectivity index (χ0v) is 14.3. The highest BCUT2D eigenvalue weighted by Crippen LogP contribution is 2.18. The lowest BCUT2D eigenvalue weighted by molar-refractivity contribution is 0.0469. The van der Waals surface area contributed by atoms with Gasteiger partial charge >= 0.3 is 6.03 Å². The van der Waals surface area contributed by atoms with E-state index in [4.69, 9.17) is 4.74 Å². The van der Waals surface area contributed by atoms with Gasteiger partial charge in [-0.05, 0) is 31.5 Å². The third kappa shape index (κ3) is 5.59. The molecule has 5 heteroatoms. The number of anilines is 1. The van der Waals surface area contributed by atoms with Crippen molar-refractivity contribution in [1.29, 1.82) is 0 Å². The lowest BCUT2D eigenvalue weighted by Gasteiger charge is -2.29. The van der Waals surface area contributed by atoms with Gasteiger partial charge in [0.2, 0.25) is 0 Å². The molecule has 0 heterocycles. The van der Waals surface area contributed by atoms with Gasteiger partial charge in [0.05, 0.1) is 19.3 Å². The Morgan fingerprint density at radius 3 is 2.50 bits per heavy atom. The van der Waals surface area contributed by atoms with Crippen molar-refractivity contribution in [1.82, 2.24) is 4.90 Å². The van der Waals surface area contributed by atoms with Crippen LogP contribution in [0.25, 0.3) is 0 Å². The quantitative estimate of drug-likeness (QED) is 0.853. The zero-order chi connectivity index (χ0) is 17.6. The lowest BCUT2D eigenvalue weighted by Crippen LogP contribution is -2.43. The zero-order valence-electron chi connectivity index (χ0n) is 14.3. The minimum atomic E-state index is -0.986. The van der Waals surface area contributed by atoms with Crippen LogP contribution in [-0.2, 0) is 6.54 Å². The summed E-state index contributed by atoms with van der Waals surface area (Å²) in [5.74, 6) is 0.671. The summed E-state index contributed by atoms with van der Waals surface area (Å²) < 4.78 is 5.17. The summed E-state index contributed by atoms with van der Waals surface area (Å²) in [6, 6.07) is 16.6. The summed E-state index contributed by atoms with van der Waals surface area (Å²) in [6.07, 6.45) is 0. The largest absolute Gasteiger partial charge is 0.497 e. The van der Waals surface area contributed by atoms with Crippen LogP contribution in [0.2, 0.25) is 0 Å². The lowest BCUT2D eigenvalue weighted by atomic mass is 10.1. The van der Waals surface area contributed by atoms with Crippen molar-refractivity contribution in [3.8, 4) is 5.75 Å². The number of hydrogen-bond acceptors (Lipinski definition) is 3. The average molecular weight is 328 g/mol. The normalized spacial score (nSPS) is 11.0. The van der Waals surface area contributed by atoms with Crippen molar-refractivity contribution in [3.05, 3.63) is 60.2 Å². The second kappa shape index (κ2) is 7.84. The molecule has 0 fully saturated rings. The molecule has 24 heavy (non-hydrogen) atoms. The van der Waals surface area contributed by atoms with Crippen LogP contribution in [0.5, 0.6) is 5.75 Å². The molecule has 2 amide bonds. The van der Waals surface area contributed by atoms with Crippen LogP contribution in [0.1, 0.15) is 19.4 Å². The third-order valence-electron chi connectivity index (χ3n) is 3.40. The number of methoxy groups -OCH3 is 1. The number of hydrogen-bond donors (Lipinski definition) is 2. The van der Waals surface area contributed by atoms with Gasteiger partial charge in [0.25, 0.3) is 0 Å². The van der Waals surface area contributed by atoms with Gasteiger partial charge in [-0.1, -0.05) is 36.4 Å². The topological polar surface area (TPSA) is 61.8 Å².